The van der Waals surface area contributed by atoms with Gasteiger partial charge in [-0.2, -0.15) is 5.10 Å². The van der Waals surface area contributed by atoms with Crippen molar-refractivity contribution in [2.75, 3.05) is 0 Å². The molecule has 3 rings (SSSR count). The third-order valence-corrected chi connectivity index (χ3v) is 3.76. The maximum Gasteiger partial charge on any atom is 0.0911 e. The number of nitrogens with one attached hydrogen (secondary N) is 1. The first-order valence-electron chi connectivity index (χ1n) is 6.58. The molecule has 1 aliphatic rings. The van der Waals surface area contributed by atoms with E-state index < -0.39 is 0 Å². The van der Waals surface area contributed by atoms with Gasteiger partial charge in [-0.3, -0.25) is 10.1 Å². The van der Waals surface area contributed by atoms with Gasteiger partial charge in [0.2, 0.25) is 0 Å². The van der Waals surface area contributed by atoms with Crippen molar-refractivity contribution in [2.24, 2.45) is 11.1 Å². The Labute approximate surface area is 112 Å². The molecule has 3 N–H and O–H groups in total. The molecule has 98 valence electrons. The van der Waals surface area contributed by atoms with Crippen LogP contribution >= 0.6 is 0 Å². The Hall–Kier alpha value is -2.10. The summed E-state index contributed by atoms with van der Waals surface area (Å²) in [5, 5.41) is 11.9. The minimum atomic E-state index is 0.186. The van der Waals surface area contributed by atoms with E-state index in [1.54, 1.807) is 0 Å². The van der Waals surface area contributed by atoms with Gasteiger partial charge in [0.15, 0.2) is 0 Å². The molecule has 1 fully saturated rings. The van der Waals surface area contributed by atoms with Crippen LogP contribution in [0.1, 0.15) is 19.3 Å². The number of nitrogens with two attached hydrogens (primary N) is 1. The first-order chi connectivity index (χ1) is 9.17. The predicted molar refractivity (Wildman–Crippen MR) is 75.9 cm³/mol. The van der Waals surface area contributed by atoms with E-state index in [-0.39, 0.29) is 11.3 Å². The average molecular weight is 254 g/mol. The summed E-state index contributed by atoms with van der Waals surface area (Å²) >= 11 is 0. The fourth-order valence-corrected chi connectivity index (χ4v) is 2.54. The van der Waals surface area contributed by atoms with Crippen molar-refractivity contribution in [2.45, 2.75) is 25.8 Å². The molecular weight excluding hydrogens is 236 g/mol. The summed E-state index contributed by atoms with van der Waals surface area (Å²) in [5.41, 5.74) is 8.03. The molecule has 1 aromatic carbocycles. The van der Waals surface area contributed by atoms with E-state index in [1.165, 1.54) is 5.56 Å². The maximum absolute atomic E-state index is 7.44. The molecule has 19 heavy (non-hydrogen) atoms. The standard InChI is InChI=1S/C15H18N4/c16-14(17)8-15(6-7-15)11-19-10-13(9-18-19)12-4-2-1-3-5-12/h1-5,9-10H,6-8,11H2,(H3,16,17). The van der Waals surface area contributed by atoms with E-state index in [2.05, 4.69) is 23.4 Å². The summed E-state index contributed by atoms with van der Waals surface area (Å²) in [5.74, 6) is 0.285. The SMILES string of the molecule is N=C(N)CC1(Cn2cc(-c3ccccc3)cn2)CC1. The van der Waals surface area contributed by atoms with Crippen molar-refractivity contribution in [1.29, 1.82) is 5.41 Å². The van der Waals surface area contributed by atoms with E-state index in [0.717, 1.165) is 24.9 Å². The highest BCUT2D eigenvalue weighted by Crippen LogP contribution is 2.50. The Bertz CT molecular complexity index is 581. The van der Waals surface area contributed by atoms with E-state index in [4.69, 9.17) is 11.1 Å². The molecule has 0 atom stereocenters. The van der Waals surface area contributed by atoms with Gasteiger partial charge in [0.05, 0.1) is 12.0 Å². The van der Waals surface area contributed by atoms with Gasteiger partial charge in [-0.05, 0) is 23.8 Å². The summed E-state index contributed by atoms with van der Waals surface area (Å²) in [7, 11) is 0. The summed E-state index contributed by atoms with van der Waals surface area (Å²) < 4.78 is 1.98. The van der Waals surface area contributed by atoms with Gasteiger partial charge >= 0.3 is 0 Å². The Morgan fingerprint density at radius 3 is 2.63 bits per heavy atom. The quantitative estimate of drug-likeness (QED) is 0.636. The van der Waals surface area contributed by atoms with Crippen LogP contribution in [-0.2, 0) is 6.54 Å². The number of hydrogen-bond acceptors (Lipinski definition) is 2. The van der Waals surface area contributed by atoms with Crippen molar-refractivity contribution in [3.63, 3.8) is 0 Å². The third-order valence-electron chi connectivity index (χ3n) is 3.76. The van der Waals surface area contributed by atoms with E-state index in [9.17, 15) is 0 Å². The lowest BCUT2D eigenvalue weighted by atomic mass is 10.0. The Morgan fingerprint density at radius 1 is 1.26 bits per heavy atom. The topological polar surface area (TPSA) is 67.7 Å². The van der Waals surface area contributed by atoms with Crippen LogP contribution in [0.4, 0.5) is 0 Å². The van der Waals surface area contributed by atoms with Crippen LogP contribution in [0.15, 0.2) is 42.7 Å². The van der Waals surface area contributed by atoms with Gasteiger partial charge in [-0.25, -0.2) is 0 Å². The molecule has 1 aromatic heterocycles. The van der Waals surface area contributed by atoms with Crippen LogP contribution in [0.2, 0.25) is 0 Å². The van der Waals surface area contributed by atoms with Gasteiger partial charge in [0.1, 0.15) is 0 Å². The molecule has 1 heterocycles. The lowest BCUT2D eigenvalue weighted by Gasteiger charge is -2.13. The second-order valence-corrected chi connectivity index (χ2v) is 5.49. The average Bonchev–Trinajstić information content (AvgIpc) is 2.97. The van der Waals surface area contributed by atoms with Gasteiger partial charge in [-0.15, -0.1) is 0 Å². The monoisotopic (exact) mass is 254 g/mol. The largest absolute Gasteiger partial charge is 0.388 e. The van der Waals surface area contributed by atoms with Crippen LogP contribution in [0, 0.1) is 10.8 Å². The Kier molecular flexibility index (Phi) is 2.85. The number of amidine groups is 1. The summed E-state index contributed by atoms with van der Waals surface area (Å²) in [6.45, 7) is 0.861. The van der Waals surface area contributed by atoms with Crippen molar-refractivity contribution in [3.8, 4) is 11.1 Å². The van der Waals surface area contributed by atoms with Gasteiger partial charge in [-0.1, -0.05) is 30.3 Å². The fraction of sp³-hybridized carbons (Fsp3) is 0.333. The molecule has 0 bridgehead atoms. The molecule has 0 unspecified atom stereocenters. The molecule has 1 saturated carbocycles. The molecule has 0 spiro atoms. The first kappa shape index (κ1) is 12.0. The molecule has 0 aliphatic heterocycles. The molecule has 4 nitrogen and oxygen atoms in total. The molecular formula is C15H18N4. The molecule has 1 aliphatic carbocycles. The minimum Gasteiger partial charge on any atom is -0.388 e. The zero-order valence-corrected chi connectivity index (χ0v) is 10.8. The van der Waals surface area contributed by atoms with Gasteiger partial charge in [0.25, 0.3) is 0 Å². The second kappa shape index (κ2) is 4.53. The fourth-order valence-electron chi connectivity index (χ4n) is 2.54. The zero-order chi connectivity index (χ0) is 13.3. The van der Waals surface area contributed by atoms with Crippen molar-refractivity contribution in [1.82, 2.24) is 9.78 Å². The lowest BCUT2D eigenvalue weighted by molar-refractivity contribution is 0.409. The molecule has 0 saturated heterocycles. The number of aromatic nitrogens is 2. The molecule has 0 amide bonds. The summed E-state index contributed by atoms with van der Waals surface area (Å²) in [6, 6.07) is 10.3. The van der Waals surface area contributed by atoms with Crippen LogP contribution in [-0.4, -0.2) is 15.6 Å². The third kappa shape index (κ3) is 2.67. The van der Waals surface area contributed by atoms with Crippen LogP contribution in [0.25, 0.3) is 11.1 Å². The molecule has 0 radical (unpaired) electrons. The highest BCUT2D eigenvalue weighted by molar-refractivity contribution is 5.78. The van der Waals surface area contributed by atoms with Crippen LogP contribution in [0.3, 0.4) is 0 Å². The van der Waals surface area contributed by atoms with E-state index in [0.29, 0.717) is 6.42 Å². The Morgan fingerprint density at radius 2 is 2.00 bits per heavy atom. The zero-order valence-electron chi connectivity index (χ0n) is 10.8. The van der Waals surface area contributed by atoms with E-state index >= 15 is 0 Å². The smallest absolute Gasteiger partial charge is 0.0911 e. The highest BCUT2D eigenvalue weighted by atomic mass is 15.3. The molecule has 4 heteroatoms. The number of nitrogens with zero attached hydrogens (tertiary/aromatic N) is 2. The highest BCUT2D eigenvalue weighted by Gasteiger charge is 2.43. The predicted octanol–water partition coefficient (Wildman–Crippen LogP) is 2.66. The van der Waals surface area contributed by atoms with Crippen LogP contribution in [0.5, 0.6) is 0 Å². The van der Waals surface area contributed by atoms with Crippen molar-refractivity contribution in [3.05, 3.63) is 42.7 Å². The van der Waals surface area contributed by atoms with Crippen molar-refractivity contribution >= 4 is 5.84 Å². The van der Waals surface area contributed by atoms with Crippen molar-refractivity contribution < 1.29 is 0 Å². The van der Waals surface area contributed by atoms with E-state index in [1.807, 2.05) is 29.1 Å². The number of rotatable bonds is 5. The normalized spacial score (nSPS) is 16.2. The number of benzene rings is 1. The second-order valence-electron chi connectivity index (χ2n) is 5.49. The minimum absolute atomic E-state index is 0.186. The first-order valence-corrected chi connectivity index (χ1v) is 6.58. The number of hydrogen-bond donors (Lipinski definition) is 2. The summed E-state index contributed by atoms with van der Waals surface area (Å²) in [4.78, 5) is 0. The maximum atomic E-state index is 7.44. The molecule has 2 aromatic rings. The lowest BCUT2D eigenvalue weighted by Crippen LogP contribution is -2.20. The Balaban J connectivity index is 1.74. The van der Waals surface area contributed by atoms with Crippen LogP contribution < -0.4 is 5.73 Å². The summed E-state index contributed by atoms with van der Waals surface area (Å²) in [6.07, 6.45) is 6.96. The van der Waals surface area contributed by atoms with Gasteiger partial charge in [0, 0.05) is 24.7 Å². The van der Waals surface area contributed by atoms with Gasteiger partial charge < -0.3 is 5.73 Å².